The minimum Gasteiger partial charge on any atom is -0.0942 e. The lowest BCUT2D eigenvalue weighted by molar-refractivity contribution is 0.604. The van der Waals surface area contributed by atoms with Gasteiger partial charge in [-0.3, -0.25) is 0 Å². The van der Waals surface area contributed by atoms with Crippen LogP contribution < -0.4 is 0 Å². The minimum atomic E-state index is 1.34. The molecule has 0 fully saturated rings. The predicted octanol–water partition coefficient (Wildman–Crippen LogP) is 5.92. The molecule has 0 aliphatic rings. The molecule has 0 saturated carbocycles. The summed E-state index contributed by atoms with van der Waals surface area (Å²) >= 11 is 0. The van der Waals surface area contributed by atoms with Gasteiger partial charge in [0.2, 0.25) is 0 Å². The summed E-state index contributed by atoms with van der Waals surface area (Å²) in [5, 5.41) is 0. The van der Waals surface area contributed by atoms with Crippen molar-refractivity contribution in [1.82, 2.24) is 0 Å². The van der Waals surface area contributed by atoms with Gasteiger partial charge in [0.15, 0.2) is 0 Å². The average Bonchev–Trinajstić information content (AvgIpc) is 2.26. The SMILES string of the molecule is CCCCCCCCCSSCCCC. The molecule has 2 heteroatoms. The third-order valence-electron chi connectivity index (χ3n) is 2.50. The second-order valence-corrected chi connectivity index (χ2v) is 6.82. The summed E-state index contributed by atoms with van der Waals surface area (Å²) in [6, 6.07) is 0. The summed E-state index contributed by atoms with van der Waals surface area (Å²) in [5.41, 5.74) is 0. The highest BCUT2D eigenvalue weighted by atomic mass is 33.1. The smallest absolute Gasteiger partial charge is 0.00369 e. The molecule has 0 aliphatic carbocycles. The molecule has 15 heavy (non-hydrogen) atoms. The normalized spacial score (nSPS) is 10.8. The number of hydrogen-bond acceptors (Lipinski definition) is 2. The predicted molar refractivity (Wildman–Crippen MR) is 77.8 cm³/mol. The van der Waals surface area contributed by atoms with Crippen LogP contribution in [0.3, 0.4) is 0 Å². The molecular weight excluding hydrogens is 220 g/mol. The van der Waals surface area contributed by atoms with Gasteiger partial charge in [-0.05, 0) is 12.8 Å². The first-order chi connectivity index (χ1) is 7.41. The Bertz CT molecular complexity index is 92.7. The Morgan fingerprint density at radius 1 is 0.533 bits per heavy atom. The van der Waals surface area contributed by atoms with E-state index in [0.717, 1.165) is 0 Å². The first-order valence-corrected chi connectivity index (χ1v) is 9.15. The molecule has 0 nitrogen and oxygen atoms in total. The Labute approximate surface area is 105 Å². The lowest BCUT2D eigenvalue weighted by Crippen LogP contribution is -1.82. The van der Waals surface area contributed by atoms with Crippen molar-refractivity contribution in [1.29, 1.82) is 0 Å². The van der Waals surface area contributed by atoms with E-state index in [1.807, 2.05) is 0 Å². The topological polar surface area (TPSA) is 0 Å². The van der Waals surface area contributed by atoms with Crippen LogP contribution in [0.5, 0.6) is 0 Å². The van der Waals surface area contributed by atoms with Crippen LogP contribution in [0.4, 0.5) is 0 Å². The zero-order valence-corrected chi connectivity index (χ0v) is 12.2. The van der Waals surface area contributed by atoms with E-state index in [4.69, 9.17) is 0 Å². The standard InChI is InChI=1S/C13H28S2/c1-3-5-7-8-9-10-11-13-15-14-12-6-4-2/h3-13H2,1-2H3. The second kappa shape index (κ2) is 14.7. The first kappa shape index (κ1) is 15.7. The molecule has 0 aromatic rings. The molecule has 0 unspecified atom stereocenters. The Balaban J connectivity index is 2.81. The summed E-state index contributed by atoms with van der Waals surface area (Å²) in [6.45, 7) is 4.55. The molecule has 0 radical (unpaired) electrons. The molecule has 0 bridgehead atoms. The van der Waals surface area contributed by atoms with Gasteiger partial charge in [-0.2, -0.15) is 0 Å². The van der Waals surface area contributed by atoms with Crippen LogP contribution in [0.1, 0.15) is 71.6 Å². The fraction of sp³-hybridized carbons (Fsp3) is 1.00. The Kier molecular flexibility index (Phi) is 15.4. The summed E-state index contributed by atoms with van der Waals surface area (Å²) in [7, 11) is 4.14. The number of hydrogen-bond donors (Lipinski definition) is 0. The van der Waals surface area contributed by atoms with Crippen molar-refractivity contribution >= 4 is 21.6 Å². The summed E-state index contributed by atoms with van der Waals surface area (Å²) in [5.74, 6) is 2.71. The van der Waals surface area contributed by atoms with E-state index in [2.05, 4.69) is 35.4 Å². The molecule has 0 saturated heterocycles. The molecule has 0 rings (SSSR count). The second-order valence-electron chi connectivity index (χ2n) is 4.12. The zero-order valence-electron chi connectivity index (χ0n) is 10.6. The van der Waals surface area contributed by atoms with E-state index in [-0.39, 0.29) is 0 Å². The number of rotatable bonds is 12. The highest BCUT2D eigenvalue weighted by Crippen LogP contribution is 2.24. The maximum atomic E-state index is 2.28. The molecule has 0 atom stereocenters. The Hall–Kier alpha value is 0.700. The third-order valence-corrected chi connectivity index (χ3v) is 5.07. The van der Waals surface area contributed by atoms with Crippen molar-refractivity contribution in [3.05, 3.63) is 0 Å². The monoisotopic (exact) mass is 248 g/mol. The quantitative estimate of drug-likeness (QED) is 0.311. The van der Waals surface area contributed by atoms with Gasteiger partial charge < -0.3 is 0 Å². The molecule has 0 heterocycles. The van der Waals surface area contributed by atoms with E-state index in [0.29, 0.717) is 0 Å². The molecule has 92 valence electrons. The molecule has 0 spiro atoms. The van der Waals surface area contributed by atoms with Crippen LogP contribution in [0, 0.1) is 0 Å². The first-order valence-electron chi connectivity index (χ1n) is 6.66. The van der Waals surface area contributed by atoms with Crippen molar-refractivity contribution < 1.29 is 0 Å². The fourth-order valence-electron chi connectivity index (χ4n) is 1.44. The van der Waals surface area contributed by atoms with Gasteiger partial charge in [0.25, 0.3) is 0 Å². The molecule has 0 amide bonds. The fourth-order valence-corrected chi connectivity index (χ4v) is 3.82. The summed E-state index contributed by atoms with van der Waals surface area (Å²) in [6.07, 6.45) is 12.8. The van der Waals surface area contributed by atoms with Gasteiger partial charge in [-0.25, -0.2) is 0 Å². The van der Waals surface area contributed by atoms with Gasteiger partial charge in [-0.15, -0.1) is 0 Å². The molecule has 0 aromatic heterocycles. The maximum Gasteiger partial charge on any atom is 0.00369 e. The van der Waals surface area contributed by atoms with E-state index < -0.39 is 0 Å². The minimum absolute atomic E-state index is 1.34. The number of unbranched alkanes of at least 4 members (excludes halogenated alkanes) is 7. The molecule has 0 N–H and O–H groups in total. The van der Waals surface area contributed by atoms with E-state index in [9.17, 15) is 0 Å². The maximum absolute atomic E-state index is 2.28. The highest BCUT2D eigenvalue weighted by Gasteiger charge is 1.92. The van der Waals surface area contributed by atoms with Crippen molar-refractivity contribution in [3.8, 4) is 0 Å². The Morgan fingerprint density at radius 3 is 1.60 bits per heavy atom. The van der Waals surface area contributed by atoms with Crippen LogP contribution in [-0.4, -0.2) is 11.5 Å². The largest absolute Gasteiger partial charge is 0.0942 e. The average molecular weight is 249 g/mol. The van der Waals surface area contributed by atoms with Gasteiger partial charge in [-0.1, -0.05) is 80.4 Å². The van der Waals surface area contributed by atoms with Crippen molar-refractivity contribution in [2.75, 3.05) is 11.5 Å². The molecule has 0 aliphatic heterocycles. The Morgan fingerprint density at radius 2 is 1.00 bits per heavy atom. The van der Waals surface area contributed by atoms with E-state index >= 15 is 0 Å². The van der Waals surface area contributed by atoms with Crippen LogP contribution in [0.15, 0.2) is 0 Å². The molecular formula is C13H28S2. The van der Waals surface area contributed by atoms with Crippen molar-refractivity contribution in [3.63, 3.8) is 0 Å². The van der Waals surface area contributed by atoms with Crippen LogP contribution in [0.2, 0.25) is 0 Å². The molecule has 0 aromatic carbocycles. The lowest BCUT2D eigenvalue weighted by Gasteiger charge is -2.01. The van der Waals surface area contributed by atoms with Gasteiger partial charge in [0, 0.05) is 11.5 Å². The lowest BCUT2D eigenvalue weighted by atomic mass is 10.1. The van der Waals surface area contributed by atoms with E-state index in [1.165, 1.54) is 69.3 Å². The highest BCUT2D eigenvalue weighted by molar-refractivity contribution is 8.76. The summed E-state index contributed by atoms with van der Waals surface area (Å²) < 4.78 is 0. The van der Waals surface area contributed by atoms with Crippen LogP contribution in [0.25, 0.3) is 0 Å². The van der Waals surface area contributed by atoms with Gasteiger partial charge in [0.05, 0.1) is 0 Å². The van der Waals surface area contributed by atoms with Crippen LogP contribution in [-0.2, 0) is 0 Å². The van der Waals surface area contributed by atoms with Crippen LogP contribution >= 0.6 is 21.6 Å². The van der Waals surface area contributed by atoms with Gasteiger partial charge in [0.1, 0.15) is 0 Å². The third kappa shape index (κ3) is 14.7. The summed E-state index contributed by atoms with van der Waals surface area (Å²) in [4.78, 5) is 0. The van der Waals surface area contributed by atoms with Crippen molar-refractivity contribution in [2.24, 2.45) is 0 Å². The van der Waals surface area contributed by atoms with Crippen molar-refractivity contribution in [2.45, 2.75) is 71.6 Å². The van der Waals surface area contributed by atoms with E-state index in [1.54, 1.807) is 0 Å². The van der Waals surface area contributed by atoms with Gasteiger partial charge >= 0.3 is 0 Å². The zero-order chi connectivity index (χ0) is 11.2.